The third-order valence-electron chi connectivity index (χ3n) is 1.39. The SMILES string of the molecule is CC(=O)ON(CCN(OC(C)=O)OC(C)=O)OC(C)=O.O.[Mn+2].[Na+]. The fourth-order valence-corrected chi connectivity index (χ4v) is 0.957. The van der Waals surface area contributed by atoms with Crippen molar-refractivity contribution in [2.45, 2.75) is 27.7 Å². The molecule has 0 spiro atoms. The van der Waals surface area contributed by atoms with Crippen LogP contribution in [0.25, 0.3) is 0 Å². The van der Waals surface area contributed by atoms with E-state index in [0.29, 0.717) is 10.5 Å². The van der Waals surface area contributed by atoms with Gasteiger partial charge in [-0.1, -0.05) is 0 Å². The fourth-order valence-electron chi connectivity index (χ4n) is 0.957. The Morgan fingerprint density at radius 2 is 0.826 bits per heavy atom. The quantitative estimate of drug-likeness (QED) is 0.310. The van der Waals surface area contributed by atoms with Crippen molar-refractivity contribution in [2.24, 2.45) is 0 Å². The molecule has 0 atom stereocenters. The van der Waals surface area contributed by atoms with Crippen molar-refractivity contribution in [3.63, 3.8) is 0 Å². The van der Waals surface area contributed by atoms with E-state index in [-0.39, 0.29) is 65.2 Å². The molecule has 0 heterocycles. The van der Waals surface area contributed by atoms with E-state index < -0.39 is 23.9 Å². The van der Waals surface area contributed by atoms with Gasteiger partial charge < -0.3 is 24.8 Å². The van der Waals surface area contributed by atoms with Crippen LogP contribution in [0.1, 0.15) is 27.7 Å². The average molecular weight is 388 g/mol. The summed E-state index contributed by atoms with van der Waals surface area (Å²) in [7, 11) is 0. The standard InChI is InChI=1S/C10H16N2O8.Mn.Na.H2O/c1-7(13)17-11(18-8(2)14)5-6-12(19-9(3)15)20-10(4)16;;;/h5-6H2,1-4H3;;;1H2/q;+2;+1;. The molecule has 0 aromatic carbocycles. The summed E-state index contributed by atoms with van der Waals surface area (Å²) < 4.78 is 0. The maximum atomic E-state index is 10.8. The average Bonchev–Trinajstić information content (AvgIpc) is 2.22. The van der Waals surface area contributed by atoms with Gasteiger partial charge in [-0.05, 0) is 0 Å². The van der Waals surface area contributed by atoms with Crippen LogP contribution in [0.3, 0.4) is 0 Å². The molecule has 0 aliphatic carbocycles. The number of rotatable bonds is 7. The first-order valence-corrected chi connectivity index (χ1v) is 5.50. The van der Waals surface area contributed by atoms with Crippen LogP contribution in [0, 0.1) is 0 Å². The summed E-state index contributed by atoms with van der Waals surface area (Å²) in [5, 5.41) is 1.15. The molecule has 0 bridgehead atoms. The molecule has 0 aliphatic rings. The van der Waals surface area contributed by atoms with Gasteiger partial charge in [0.05, 0.1) is 13.1 Å². The summed E-state index contributed by atoms with van der Waals surface area (Å²) in [6, 6.07) is 0. The zero-order valence-corrected chi connectivity index (χ0v) is 16.6. The Morgan fingerprint density at radius 1 is 0.652 bits per heavy atom. The normalized spacial score (nSPS) is 8.78. The van der Waals surface area contributed by atoms with Crippen LogP contribution in [0.5, 0.6) is 0 Å². The van der Waals surface area contributed by atoms with Gasteiger partial charge in [0.1, 0.15) is 0 Å². The van der Waals surface area contributed by atoms with Gasteiger partial charge in [0.25, 0.3) is 0 Å². The molecule has 127 valence electrons. The Labute approximate surface area is 165 Å². The van der Waals surface area contributed by atoms with Crippen molar-refractivity contribution < 1.29 is 90.6 Å². The van der Waals surface area contributed by atoms with Crippen molar-refractivity contribution in [2.75, 3.05) is 13.1 Å². The molecule has 0 unspecified atom stereocenters. The number of hydrogen-bond acceptors (Lipinski definition) is 10. The summed E-state index contributed by atoms with van der Waals surface area (Å²) in [5.74, 6) is -2.90. The monoisotopic (exact) mass is 388 g/mol. The van der Waals surface area contributed by atoms with Gasteiger partial charge in [-0.15, -0.1) is 0 Å². The van der Waals surface area contributed by atoms with Crippen molar-refractivity contribution >= 4 is 23.9 Å². The Morgan fingerprint density at radius 3 is 0.957 bits per heavy atom. The molecule has 0 aromatic rings. The Hall–Kier alpha value is -0.721. The maximum Gasteiger partial charge on any atom is 2.00 e. The van der Waals surface area contributed by atoms with Gasteiger partial charge >= 0.3 is 70.5 Å². The van der Waals surface area contributed by atoms with E-state index in [0.717, 1.165) is 27.7 Å². The molecular formula is C10H18MnN2NaO9+3. The molecule has 0 aromatic heterocycles. The van der Waals surface area contributed by atoms with Crippen molar-refractivity contribution in [1.29, 1.82) is 0 Å². The number of nitrogens with zero attached hydrogens (tertiary/aromatic N) is 2. The van der Waals surface area contributed by atoms with Gasteiger partial charge in [-0.2, -0.15) is 0 Å². The van der Waals surface area contributed by atoms with E-state index in [1.807, 2.05) is 0 Å². The summed E-state index contributed by atoms with van der Waals surface area (Å²) in [5.41, 5.74) is 0. The Kier molecular flexibility index (Phi) is 21.2. The predicted molar refractivity (Wildman–Crippen MR) is 64.1 cm³/mol. The van der Waals surface area contributed by atoms with Gasteiger partial charge in [-0.25, -0.2) is 0 Å². The largest absolute Gasteiger partial charge is 2.00 e. The topological polar surface area (TPSA) is 143 Å². The second-order valence-electron chi connectivity index (χ2n) is 3.44. The molecular weight excluding hydrogens is 370 g/mol. The van der Waals surface area contributed by atoms with Crippen LogP contribution < -0.4 is 29.6 Å². The molecule has 1 radical (unpaired) electrons. The molecule has 0 saturated heterocycles. The van der Waals surface area contributed by atoms with Gasteiger partial charge in [0.15, 0.2) is 0 Å². The minimum atomic E-state index is -0.724. The summed E-state index contributed by atoms with van der Waals surface area (Å²) in [6.07, 6.45) is 0. The maximum absolute atomic E-state index is 10.8. The zero-order chi connectivity index (χ0) is 15.7. The van der Waals surface area contributed by atoms with E-state index in [9.17, 15) is 19.2 Å². The molecule has 23 heavy (non-hydrogen) atoms. The third-order valence-corrected chi connectivity index (χ3v) is 1.39. The summed E-state index contributed by atoms with van der Waals surface area (Å²) in [6.45, 7) is 3.97. The first-order chi connectivity index (χ1) is 9.20. The number of carbonyl (C=O) groups excluding carboxylic acids is 4. The minimum Gasteiger partial charge on any atom is -0.412 e. The van der Waals surface area contributed by atoms with Crippen molar-refractivity contribution in [1.82, 2.24) is 10.5 Å². The number of hydroxylamine groups is 4. The molecule has 13 heteroatoms. The van der Waals surface area contributed by atoms with Crippen LogP contribution in [0.15, 0.2) is 0 Å². The molecule has 11 nitrogen and oxygen atoms in total. The zero-order valence-electron chi connectivity index (χ0n) is 13.5. The van der Waals surface area contributed by atoms with Crippen LogP contribution in [-0.2, 0) is 55.6 Å². The fraction of sp³-hybridized carbons (Fsp3) is 0.600. The first-order valence-electron chi connectivity index (χ1n) is 5.50. The second-order valence-corrected chi connectivity index (χ2v) is 3.44. The van der Waals surface area contributed by atoms with Crippen LogP contribution >= 0.6 is 0 Å². The van der Waals surface area contributed by atoms with Gasteiger partial charge in [0, 0.05) is 38.1 Å². The first kappa shape index (κ1) is 30.2. The number of carbonyl (C=O) groups is 4. The Bertz CT molecular complexity index is 329. The third kappa shape index (κ3) is 19.2. The molecule has 2 N–H and O–H groups in total. The molecule has 0 amide bonds. The Balaban J connectivity index is -0.000000602. The molecule has 0 aliphatic heterocycles. The molecule has 0 fully saturated rings. The van der Waals surface area contributed by atoms with E-state index in [1.165, 1.54) is 0 Å². The van der Waals surface area contributed by atoms with E-state index in [2.05, 4.69) is 19.4 Å². The smallest absolute Gasteiger partial charge is 0.412 e. The minimum absolute atomic E-state index is 0. The van der Waals surface area contributed by atoms with Crippen molar-refractivity contribution in [3.05, 3.63) is 0 Å². The predicted octanol–water partition coefficient (Wildman–Crippen LogP) is -4.32. The van der Waals surface area contributed by atoms with E-state index in [4.69, 9.17) is 0 Å². The summed E-state index contributed by atoms with van der Waals surface area (Å²) >= 11 is 0. The van der Waals surface area contributed by atoms with E-state index in [1.54, 1.807) is 0 Å². The van der Waals surface area contributed by atoms with Gasteiger partial charge in [-0.3, -0.25) is 19.2 Å². The molecule has 0 saturated carbocycles. The molecule has 0 rings (SSSR count). The van der Waals surface area contributed by atoms with E-state index >= 15 is 0 Å². The van der Waals surface area contributed by atoms with Crippen LogP contribution in [0.2, 0.25) is 0 Å². The summed E-state index contributed by atoms with van der Waals surface area (Å²) in [4.78, 5) is 61.4. The van der Waals surface area contributed by atoms with Crippen molar-refractivity contribution in [3.8, 4) is 0 Å². The van der Waals surface area contributed by atoms with Crippen LogP contribution in [0.4, 0.5) is 0 Å². The van der Waals surface area contributed by atoms with Crippen LogP contribution in [-0.4, -0.2) is 52.9 Å². The second kappa shape index (κ2) is 16.1. The number of hydrogen-bond donors (Lipinski definition) is 0. The van der Waals surface area contributed by atoms with Gasteiger partial charge in [0.2, 0.25) is 0 Å².